The number of aromatic nitrogens is 3. The summed E-state index contributed by atoms with van der Waals surface area (Å²) in [6.45, 7) is 11.0. The Kier molecular flexibility index (Phi) is 8.51. The van der Waals surface area contributed by atoms with Gasteiger partial charge < -0.3 is 19.5 Å². The maximum absolute atomic E-state index is 12.3. The van der Waals surface area contributed by atoms with Crippen LogP contribution in [-0.2, 0) is 24.4 Å². The lowest BCUT2D eigenvalue weighted by molar-refractivity contribution is -0.146. The van der Waals surface area contributed by atoms with E-state index in [2.05, 4.69) is 59.6 Å². The van der Waals surface area contributed by atoms with E-state index in [9.17, 15) is 15.0 Å². The molecule has 0 saturated carbocycles. The van der Waals surface area contributed by atoms with E-state index in [1.54, 1.807) is 44.1 Å². The van der Waals surface area contributed by atoms with Crippen molar-refractivity contribution in [3.63, 3.8) is 0 Å². The van der Waals surface area contributed by atoms with Crippen molar-refractivity contribution in [3.05, 3.63) is 102 Å². The molecular weight excluding hydrogens is 558 g/mol. The van der Waals surface area contributed by atoms with Gasteiger partial charge in [-0.25, -0.2) is 0 Å². The molecule has 0 amide bonds. The smallest absolute Gasteiger partial charge is 0.309 e. The van der Waals surface area contributed by atoms with E-state index in [1.807, 2.05) is 36.4 Å². The molecule has 7 nitrogen and oxygen atoms in total. The second-order valence-corrected chi connectivity index (χ2v) is 14.2. The highest BCUT2D eigenvalue weighted by atomic mass is 32.2. The number of carboxylic acids is 1. The van der Waals surface area contributed by atoms with Gasteiger partial charge in [0.2, 0.25) is 0 Å². The Labute approximate surface area is 256 Å². The number of carbonyl (C=O) groups is 1. The van der Waals surface area contributed by atoms with Gasteiger partial charge in [0.15, 0.2) is 0 Å². The minimum Gasteiger partial charge on any atom is -0.506 e. The first-order valence-electron chi connectivity index (χ1n) is 14.2. The zero-order valence-electron chi connectivity index (χ0n) is 25.2. The predicted octanol–water partition coefficient (Wildman–Crippen LogP) is 7.98. The second-order valence-electron chi connectivity index (χ2n) is 12.4. The lowest BCUT2D eigenvalue weighted by Gasteiger charge is -2.24. The Morgan fingerprint density at radius 1 is 0.953 bits per heavy atom. The molecule has 3 heterocycles. The van der Waals surface area contributed by atoms with Crippen LogP contribution in [0.15, 0.2) is 90.2 Å². The van der Waals surface area contributed by atoms with E-state index in [1.165, 1.54) is 6.20 Å². The monoisotopic (exact) mass is 595 g/mol. The molecule has 0 aliphatic carbocycles. The highest BCUT2D eigenvalue weighted by molar-refractivity contribution is 8.00. The van der Waals surface area contributed by atoms with Crippen molar-refractivity contribution >= 4 is 28.6 Å². The van der Waals surface area contributed by atoms with E-state index >= 15 is 0 Å². The molecule has 0 radical (unpaired) electrons. The number of hydrogen-bond donors (Lipinski definition) is 2. The van der Waals surface area contributed by atoms with E-state index in [0.29, 0.717) is 19.6 Å². The van der Waals surface area contributed by atoms with Crippen LogP contribution in [0.4, 0.5) is 0 Å². The minimum atomic E-state index is -0.968. The highest BCUT2D eigenvalue weighted by Crippen LogP contribution is 2.44. The number of pyridine rings is 2. The Balaban J connectivity index is 1.59. The van der Waals surface area contributed by atoms with Crippen LogP contribution in [0.2, 0.25) is 0 Å². The fourth-order valence-electron chi connectivity index (χ4n) is 4.93. The van der Waals surface area contributed by atoms with Crippen molar-refractivity contribution in [2.24, 2.45) is 5.41 Å². The Hall–Kier alpha value is -4.30. The van der Waals surface area contributed by atoms with Crippen molar-refractivity contribution in [1.82, 2.24) is 14.5 Å². The van der Waals surface area contributed by atoms with Crippen LogP contribution < -0.4 is 4.74 Å². The molecule has 0 unspecified atom stereocenters. The van der Waals surface area contributed by atoms with Gasteiger partial charge in [-0.3, -0.25) is 14.8 Å². The number of aliphatic carboxylic acids is 1. The van der Waals surface area contributed by atoms with Gasteiger partial charge in [0.05, 0.1) is 17.3 Å². The summed E-state index contributed by atoms with van der Waals surface area (Å²) in [6.07, 6.45) is 5.26. The van der Waals surface area contributed by atoms with Crippen molar-refractivity contribution < 1.29 is 19.7 Å². The number of fused-ring (bicyclic) bond motifs is 1. The number of nitrogens with zero attached hydrogens (tertiary/aromatic N) is 3. The van der Waals surface area contributed by atoms with E-state index < -0.39 is 11.4 Å². The first kappa shape index (κ1) is 30.2. The average Bonchev–Trinajstić information content (AvgIpc) is 3.22. The van der Waals surface area contributed by atoms with Crippen LogP contribution in [0.25, 0.3) is 22.0 Å². The lowest BCUT2D eigenvalue weighted by atomic mass is 9.88. The lowest BCUT2D eigenvalue weighted by Crippen LogP contribution is -2.28. The summed E-state index contributed by atoms with van der Waals surface area (Å²) >= 11 is 1.75. The number of rotatable bonds is 10. The van der Waals surface area contributed by atoms with Gasteiger partial charge >= 0.3 is 5.97 Å². The summed E-state index contributed by atoms with van der Waals surface area (Å²) in [5.74, 6) is 0.0250. The summed E-state index contributed by atoms with van der Waals surface area (Å²) in [7, 11) is 0. The fourth-order valence-corrected chi connectivity index (χ4v) is 6.11. The van der Waals surface area contributed by atoms with Crippen molar-refractivity contribution in [1.29, 1.82) is 0 Å². The summed E-state index contributed by atoms with van der Waals surface area (Å²) in [6, 6.07) is 21.7. The zero-order valence-corrected chi connectivity index (χ0v) is 26.0. The van der Waals surface area contributed by atoms with Crippen LogP contribution in [0.3, 0.4) is 0 Å². The first-order chi connectivity index (χ1) is 20.4. The highest BCUT2D eigenvalue weighted by Gasteiger charge is 2.33. The predicted molar refractivity (Wildman–Crippen MR) is 172 cm³/mol. The molecule has 8 heteroatoms. The van der Waals surface area contributed by atoms with Crippen LogP contribution in [0.1, 0.15) is 51.6 Å². The third-order valence-electron chi connectivity index (χ3n) is 7.15. The first-order valence-corrected chi connectivity index (χ1v) is 15.0. The molecule has 0 fully saturated rings. The maximum Gasteiger partial charge on any atom is 0.309 e. The number of thioether (sulfide) groups is 1. The molecule has 0 atom stereocenters. The molecular formula is C35H37N3O4S. The number of aromatic hydroxyl groups is 1. The number of carboxylic acid groups (broad SMARTS) is 1. The number of hydrogen-bond acceptors (Lipinski definition) is 6. The van der Waals surface area contributed by atoms with Crippen molar-refractivity contribution in [2.45, 2.75) is 63.8 Å². The molecule has 222 valence electrons. The van der Waals surface area contributed by atoms with E-state index in [4.69, 9.17) is 4.74 Å². The molecule has 0 spiro atoms. The van der Waals surface area contributed by atoms with Gasteiger partial charge in [-0.15, -0.1) is 11.8 Å². The molecule has 0 saturated heterocycles. The van der Waals surface area contributed by atoms with Gasteiger partial charge in [-0.2, -0.15) is 0 Å². The Morgan fingerprint density at radius 2 is 1.72 bits per heavy atom. The minimum absolute atomic E-state index is 0.108. The molecule has 0 aliphatic heterocycles. The van der Waals surface area contributed by atoms with Crippen molar-refractivity contribution in [2.75, 3.05) is 0 Å². The summed E-state index contributed by atoms with van der Waals surface area (Å²) in [5, 5.41) is 21.0. The summed E-state index contributed by atoms with van der Waals surface area (Å²) in [4.78, 5) is 21.8. The number of benzene rings is 2. The molecule has 2 N–H and O–H groups in total. The zero-order chi connectivity index (χ0) is 30.8. The fraction of sp³-hybridized carbons (Fsp3) is 0.286. The van der Waals surface area contributed by atoms with Crippen LogP contribution in [0.5, 0.6) is 11.5 Å². The quantitative estimate of drug-likeness (QED) is 0.158. The van der Waals surface area contributed by atoms with Crippen LogP contribution >= 0.6 is 11.8 Å². The van der Waals surface area contributed by atoms with Crippen LogP contribution in [0, 0.1) is 5.41 Å². The average molecular weight is 596 g/mol. The molecule has 5 rings (SSSR count). The van der Waals surface area contributed by atoms with E-state index in [-0.39, 0.29) is 10.5 Å². The standard InChI is InChI=1S/C35H37N3O4S/c1-34(2,3)43-32-29-17-28(42-22-26-8-6-7-15-37-26)13-14-30(29)38(31(32)18-35(4,5)33(40)41)21-23-9-11-24(12-10-23)25-16-27(39)20-36-19-25/h6-17,19-20,39H,18,21-22H2,1-5H3,(H,40,41). The summed E-state index contributed by atoms with van der Waals surface area (Å²) < 4.78 is 8.30. The number of ether oxygens (including phenoxy) is 1. The Bertz CT molecular complexity index is 1740. The summed E-state index contributed by atoms with van der Waals surface area (Å²) in [5.41, 5.74) is 4.76. The van der Waals surface area contributed by atoms with Gasteiger partial charge in [0.1, 0.15) is 18.1 Å². The molecule has 2 aromatic carbocycles. The normalized spacial score (nSPS) is 12.0. The maximum atomic E-state index is 12.3. The SMILES string of the molecule is CC(C)(C)Sc1c(CC(C)(C)C(=O)O)n(Cc2ccc(-c3cncc(O)c3)cc2)c2ccc(OCc3ccccn3)cc12. The molecule has 0 bridgehead atoms. The van der Waals surface area contributed by atoms with E-state index in [0.717, 1.165) is 49.6 Å². The largest absolute Gasteiger partial charge is 0.506 e. The molecule has 43 heavy (non-hydrogen) atoms. The van der Waals surface area contributed by atoms with Crippen molar-refractivity contribution in [3.8, 4) is 22.6 Å². The third kappa shape index (κ3) is 7.20. The Morgan fingerprint density at radius 3 is 2.37 bits per heavy atom. The topological polar surface area (TPSA) is 97.5 Å². The molecule has 5 aromatic rings. The van der Waals surface area contributed by atoms with Crippen LogP contribution in [-0.4, -0.2) is 35.5 Å². The van der Waals surface area contributed by atoms with Gasteiger partial charge in [0.25, 0.3) is 0 Å². The molecule has 0 aliphatic rings. The third-order valence-corrected chi connectivity index (χ3v) is 8.42. The van der Waals surface area contributed by atoms with Gasteiger partial charge in [-0.05, 0) is 61.4 Å². The van der Waals surface area contributed by atoms with Gasteiger partial charge in [-0.1, -0.05) is 51.1 Å². The van der Waals surface area contributed by atoms with Gasteiger partial charge in [0, 0.05) is 57.2 Å². The second kappa shape index (κ2) is 12.1. The molecule has 3 aromatic heterocycles.